The van der Waals surface area contributed by atoms with Gasteiger partial charge in [-0.15, -0.1) is 0 Å². The number of carbonyl (C=O) groups excluding carboxylic acids is 3. The van der Waals surface area contributed by atoms with Crippen LogP contribution in [-0.4, -0.2) is 95.9 Å². The number of phosphoric ester groups is 2. The number of hydrogen-bond donors (Lipinski definition) is 4. The molecule has 0 fully saturated rings. The van der Waals surface area contributed by atoms with Crippen molar-refractivity contribution in [1.82, 2.24) is 0 Å². The van der Waals surface area contributed by atoms with Crippen molar-refractivity contribution >= 4 is 33.6 Å². The van der Waals surface area contributed by atoms with Crippen LogP contribution in [0.15, 0.2) is 97.2 Å². The van der Waals surface area contributed by atoms with Gasteiger partial charge < -0.3 is 34.2 Å². The van der Waals surface area contributed by atoms with Crippen molar-refractivity contribution in [1.29, 1.82) is 0 Å². The fraction of sp³-hybridized carbons (Fsp3) is 0.759. The number of ether oxygens (including phenoxy) is 3. The van der Waals surface area contributed by atoms with Crippen LogP contribution in [0.1, 0.15) is 329 Å². The molecule has 0 amide bonds. The van der Waals surface area contributed by atoms with Crippen LogP contribution in [0.3, 0.4) is 0 Å². The minimum atomic E-state index is -4.93. The number of aliphatic hydroxyl groups excluding tert-OH is 2. The Hall–Kier alpha value is -3.53. The molecule has 0 aromatic carbocycles. The first-order valence-electron chi connectivity index (χ1n) is 38.5. The molecule has 562 valence electrons. The minimum Gasteiger partial charge on any atom is -0.463 e. The zero-order valence-corrected chi connectivity index (χ0v) is 63.0. The molecule has 16 nitrogen and oxygen atoms in total. The average Bonchev–Trinajstić information content (AvgIpc) is 1.84. The number of carbonyl (C=O) groups is 3. The van der Waals surface area contributed by atoms with Gasteiger partial charge in [0, 0.05) is 19.3 Å². The molecule has 97 heavy (non-hydrogen) atoms. The maximum absolute atomic E-state index is 12.9. The van der Waals surface area contributed by atoms with Gasteiger partial charge in [0.1, 0.15) is 25.4 Å². The molecule has 0 aromatic heterocycles. The summed E-state index contributed by atoms with van der Waals surface area (Å²) < 4.78 is 61.0. The highest BCUT2D eigenvalue weighted by molar-refractivity contribution is 7.47. The summed E-state index contributed by atoms with van der Waals surface area (Å²) >= 11 is 0. The Labute approximate surface area is 590 Å². The van der Waals surface area contributed by atoms with Crippen LogP contribution in [0, 0.1) is 0 Å². The quantitative estimate of drug-likeness (QED) is 0.0146. The van der Waals surface area contributed by atoms with Gasteiger partial charge >= 0.3 is 33.6 Å². The van der Waals surface area contributed by atoms with E-state index in [1.807, 2.05) is 0 Å². The Balaban J connectivity index is 4.42. The zero-order chi connectivity index (χ0) is 70.9. The monoisotopic (exact) mass is 1410 g/mol. The molecule has 0 rings (SSSR count). The van der Waals surface area contributed by atoms with Crippen LogP contribution in [0.4, 0.5) is 0 Å². The topological polar surface area (TPSA) is 231 Å². The number of hydrogen-bond acceptors (Lipinski definition) is 14. The summed E-state index contributed by atoms with van der Waals surface area (Å²) in [5.74, 6) is -1.58. The third-order valence-electron chi connectivity index (χ3n) is 16.3. The molecule has 5 atom stereocenters. The second kappa shape index (κ2) is 72.3. The van der Waals surface area contributed by atoms with Crippen LogP contribution in [0.2, 0.25) is 0 Å². The first-order valence-corrected chi connectivity index (χ1v) is 41.5. The molecule has 0 spiro atoms. The van der Waals surface area contributed by atoms with Crippen molar-refractivity contribution in [2.45, 2.75) is 347 Å². The molecule has 0 aliphatic heterocycles. The van der Waals surface area contributed by atoms with E-state index in [1.54, 1.807) is 0 Å². The van der Waals surface area contributed by atoms with E-state index >= 15 is 0 Å². The summed E-state index contributed by atoms with van der Waals surface area (Å²) in [5, 5.41) is 20.6. The molecular formula is C79H140O16P2. The van der Waals surface area contributed by atoms with Gasteiger partial charge in [-0.05, 0) is 96.3 Å². The second-order valence-electron chi connectivity index (χ2n) is 25.8. The Bertz CT molecular complexity index is 2150. The van der Waals surface area contributed by atoms with Crippen molar-refractivity contribution < 1.29 is 75.8 Å². The molecule has 0 aliphatic rings. The molecule has 0 bridgehead atoms. The molecule has 0 heterocycles. The summed E-state index contributed by atoms with van der Waals surface area (Å²) in [7, 11) is -9.78. The van der Waals surface area contributed by atoms with E-state index in [9.17, 15) is 43.5 Å². The first-order chi connectivity index (χ1) is 47.2. The number of aliphatic hydroxyl groups is 2. The van der Waals surface area contributed by atoms with E-state index in [0.29, 0.717) is 19.3 Å². The van der Waals surface area contributed by atoms with Gasteiger partial charge in [0.15, 0.2) is 6.10 Å². The lowest BCUT2D eigenvalue weighted by atomic mass is 10.0. The molecule has 0 aromatic rings. The van der Waals surface area contributed by atoms with Crippen LogP contribution in [-0.2, 0) is 55.8 Å². The summed E-state index contributed by atoms with van der Waals surface area (Å²) in [6.45, 7) is 2.47. The average molecular weight is 1410 g/mol. The molecular weight excluding hydrogens is 1270 g/mol. The lowest BCUT2D eigenvalue weighted by Crippen LogP contribution is -2.30. The normalized spacial score (nSPS) is 14.6. The van der Waals surface area contributed by atoms with E-state index < -0.39 is 91.5 Å². The zero-order valence-electron chi connectivity index (χ0n) is 61.2. The maximum atomic E-state index is 12.9. The standard InChI is InChI=1S/C79H140O16P2/c1-4-7-10-13-16-19-22-25-28-29-30-31-32-33-34-35-36-37-38-39-40-41-42-43-46-48-50-53-56-59-62-65-77(82)89-68-74(80)69-91-96(85,86)92-70-75(81)71-93-97(87,88)94-73-76(95-79(84)67-64-61-58-55-52-49-45-27-24-21-18-15-12-9-6-3)72-90-78(83)66-63-60-57-54-51-47-44-26-23-20-17-14-11-8-5-2/h7-8,10-11,16-17,19-20,25-26,28,30-31,33-34,44,74-76,80-81H,4-6,9,12-15,18,21-24,27,29,32,35-43,45-73H2,1-3H3,(H,85,86)(H,87,88)/b10-7-,11-8-,19-16-,20-17-,28-25-,31-30-,34-33-,44-26-. The van der Waals surface area contributed by atoms with Gasteiger partial charge in [-0.1, -0.05) is 311 Å². The van der Waals surface area contributed by atoms with Gasteiger partial charge in [-0.3, -0.25) is 32.5 Å². The van der Waals surface area contributed by atoms with Gasteiger partial charge in [-0.25, -0.2) is 9.13 Å². The smallest absolute Gasteiger partial charge is 0.463 e. The molecule has 5 unspecified atom stereocenters. The number of unbranched alkanes of at least 4 members (excludes halogenated alkanes) is 34. The Morgan fingerprint density at radius 2 is 0.546 bits per heavy atom. The van der Waals surface area contributed by atoms with Gasteiger partial charge in [0.25, 0.3) is 0 Å². The van der Waals surface area contributed by atoms with Gasteiger partial charge in [0.2, 0.25) is 0 Å². The summed E-state index contributed by atoms with van der Waals surface area (Å²) in [4.78, 5) is 58.5. The van der Waals surface area contributed by atoms with E-state index in [0.717, 1.165) is 128 Å². The predicted molar refractivity (Wildman–Crippen MR) is 399 cm³/mol. The fourth-order valence-corrected chi connectivity index (χ4v) is 12.1. The highest BCUT2D eigenvalue weighted by Crippen LogP contribution is 2.45. The van der Waals surface area contributed by atoms with Crippen molar-refractivity contribution in [3.05, 3.63) is 97.2 Å². The fourth-order valence-electron chi connectivity index (χ4n) is 10.5. The van der Waals surface area contributed by atoms with Crippen LogP contribution in [0.25, 0.3) is 0 Å². The lowest BCUT2D eigenvalue weighted by molar-refractivity contribution is -0.161. The SMILES string of the molecule is CC/C=C\C/C=C\C/C=C\C/C=C\C/C=C\CCCCCCCCCCCCCCCCCC(=O)OCC(O)COP(=O)(O)OCC(O)COP(=O)(O)OCC(COC(=O)CCCCCCC/C=C\C/C=C\C/C=C\CC)OC(=O)CCCCCCCCCCCCCCCCC. The van der Waals surface area contributed by atoms with Gasteiger partial charge in [0.05, 0.1) is 26.4 Å². The number of rotatable bonds is 73. The first kappa shape index (κ1) is 93.5. The summed E-state index contributed by atoms with van der Waals surface area (Å²) in [6, 6.07) is 0. The number of allylic oxidation sites excluding steroid dienone is 16. The number of phosphoric acid groups is 2. The predicted octanol–water partition coefficient (Wildman–Crippen LogP) is 22.2. The van der Waals surface area contributed by atoms with E-state index in [-0.39, 0.29) is 19.3 Å². The highest BCUT2D eigenvalue weighted by Gasteiger charge is 2.29. The summed E-state index contributed by atoms with van der Waals surface area (Å²) in [5.41, 5.74) is 0. The third kappa shape index (κ3) is 73.5. The Kier molecular flexibility index (Phi) is 69.6. The van der Waals surface area contributed by atoms with Crippen molar-refractivity contribution in [3.8, 4) is 0 Å². The van der Waals surface area contributed by atoms with Crippen molar-refractivity contribution in [3.63, 3.8) is 0 Å². The van der Waals surface area contributed by atoms with E-state index in [1.165, 1.54) is 141 Å². The summed E-state index contributed by atoms with van der Waals surface area (Å²) in [6.07, 6.45) is 81.8. The Morgan fingerprint density at radius 3 is 0.866 bits per heavy atom. The minimum absolute atomic E-state index is 0.105. The largest absolute Gasteiger partial charge is 0.472 e. The second-order valence-corrected chi connectivity index (χ2v) is 28.7. The number of esters is 3. The molecule has 0 saturated carbocycles. The van der Waals surface area contributed by atoms with Crippen LogP contribution in [0.5, 0.6) is 0 Å². The molecule has 0 radical (unpaired) electrons. The van der Waals surface area contributed by atoms with E-state index in [4.69, 9.17) is 32.3 Å². The highest BCUT2D eigenvalue weighted by atomic mass is 31.2. The molecule has 18 heteroatoms. The maximum Gasteiger partial charge on any atom is 0.472 e. The van der Waals surface area contributed by atoms with Crippen molar-refractivity contribution in [2.75, 3.05) is 39.6 Å². The van der Waals surface area contributed by atoms with Crippen LogP contribution < -0.4 is 0 Å². The molecule has 0 aliphatic carbocycles. The van der Waals surface area contributed by atoms with Crippen molar-refractivity contribution in [2.24, 2.45) is 0 Å². The van der Waals surface area contributed by atoms with Crippen LogP contribution >= 0.6 is 15.6 Å². The van der Waals surface area contributed by atoms with E-state index in [2.05, 4.69) is 118 Å². The Morgan fingerprint density at radius 1 is 0.299 bits per heavy atom. The molecule has 4 N–H and O–H groups in total. The third-order valence-corrected chi connectivity index (χ3v) is 18.2. The van der Waals surface area contributed by atoms with Gasteiger partial charge in [-0.2, -0.15) is 0 Å². The lowest BCUT2D eigenvalue weighted by Gasteiger charge is -2.21. The molecule has 0 saturated heterocycles.